The minimum absolute atomic E-state index is 0. The van der Waals surface area contributed by atoms with Gasteiger partial charge < -0.3 is 19.9 Å². The fraction of sp³-hybridized carbons (Fsp3) is 0.579. The van der Waals surface area contributed by atoms with Crippen molar-refractivity contribution >= 4 is 24.2 Å². The molecule has 0 bridgehead atoms. The first-order valence-corrected chi connectivity index (χ1v) is 9.11. The number of para-hydroxylation sites is 1. The van der Waals surface area contributed by atoms with Gasteiger partial charge >= 0.3 is 0 Å². The average molecular weight is 382 g/mol. The van der Waals surface area contributed by atoms with Crippen LogP contribution in [0.4, 0.5) is 0 Å². The van der Waals surface area contributed by atoms with Gasteiger partial charge in [-0.1, -0.05) is 24.6 Å². The zero-order chi connectivity index (χ0) is 17.6. The van der Waals surface area contributed by atoms with E-state index in [1.165, 1.54) is 0 Å². The van der Waals surface area contributed by atoms with Crippen LogP contribution in [0.25, 0.3) is 0 Å². The third kappa shape index (κ3) is 4.68. The van der Waals surface area contributed by atoms with Crippen LogP contribution < -0.4 is 10.1 Å². The van der Waals surface area contributed by atoms with Crippen molar-refractivity contribution in [2.45, 2.75) is 31.7 Å². The van der Waals surface area contributed by atoms with E-state index >= 15 is 0 Å². The Morgan fingerprint density at radius 2 is 2.04 bits per heavy atom. The Labute approximate surface area is 161 Å². The van der Waals surface area contributed by atoms with Crippen LogP contribution in [0.2, 0.25) is 0 Å². The van der Waals surface area contributed by atoms with Gasteiger partial charge in [0.15, 0.2) is 0 Å². The van der Waals surface area contributed by atoms with Gasteiger partial charge in [-0.15, -0.1) is 12.4 Å². The molecule has 1 N–H and O–H groups in total. The zero-order valence-electron chi connectivity index (χ0n) is 15.3. The Kier molecular flexibility index (Phi) is 7.72. The van der Waals surface area contributed by atoms with Crippen molar-refractivity contribution in [2.24, 2.45) is 0 Å². The van der Waals surface area contributed by atoms with E-state index in [9.17, 15) is 9.59 Å². The third-order valence-corrected chi connectivity index (χ3v) is 5.06. The van der Waals surface area contributed by atoms with Gasteiger partial charge in [0, 0.05) is 38.2 Å². The highest BCUT2D eigenvalue weighted by Gasteiger charge is 2.31. The SMILES string of the molecule is COc1ccccc1C1CNCCN1C(=O)CN1CCCCCC1=O.Cl. The number of benzene rings is 1. The summed E-state index contributed by atoms with van der Waals surface area (Å²) in [6, 6.07) is 7.76. The van der Waals surface area contributed by atoms with Crippen molar-refractivity contribution in [1.82, 2.24) is 15.1 Å². The van der Waals surface area contributed by atoms with E-state index in [0.29, 0.717) is 26.1 Å². The highest BCUT2D eigenvalue weighted by Crippen LogP contribution is 2.30. The summed E-state index contributed by atoms with van der Waals surface area (Å²) in [5.41, 5.74) is 1.01. The molecule has 144 valence electrons. The second-order valence-electron chi connectivity index (χ2n) is 6.67. The molecule has 0 spiro atoms. The lowest BCUT2D eigenvalue weighted by Crippen LogP contribution is -2.52. The van der Waals surface area contributed by atoms with Crippen LogP contribution >= 0.6 is 12.4 Å². The maximum absolute atomic E-state index is 13.0. The van der Waals surface area contributed by atoms with E-state index in [1.54, 1.807) is 12.0 Å². The van der Waals surface area contributed by atoms with E-state index in [4.69, 9.17) is 4.74 Å². The van der Waals surface area contributed by atoms with Crippen LogP contribution in [-0.2, 0) is 9.59 Å². The number of carbonyl (C=O) groups excluding carboxylic acids is 2. The van der Waals surface area contributed by atoms with E-state index in [1.807, 2.05) is 29.2 Å². The predicted octanol–water partition coefficient (Wildman–Crippen LogP) is 1.99. The molecule has 2 aliphatic rings. The topological polar surface area (TPSA) is 61.9 Å². The minimum Gasteiger partial charge on any atom is -0.496 e. The van der Waals surface area contributed by atoms with Crippen molar-refractivity contribution in [1.29, 1.82) is 0 Å². The standard InChI is InChI=1S/C19H27N3O3.ClH/c1-25-17-8-5-4-7-15(17)16-13-20-10-12-22(16)19(24)14-21-11-6-2-3-9-18(21)23;/h4-5,7-8,16,20H,2-3,6,9-14H2,1H3;1H. The molecule has 1 atom stereocenters. The van der Waals surface area contributed by atoms with Crippen molar-refractivity contribution in [3.05, 3.63) is 29.8 Å². The lowest BCUT2D eigenvalue weighted by atomic mass is 10.0. The monoisotopic (exact) mass is 381 g/mol. The first-order valence-electron chi connectivity index (χ1n) is 9.11. The predicted molar refractivity (Wildman–Crippen MR) is 103 cm³/mol. The van der Waals surface area contributed by atoms with Gasteiger partial charge in [-0.25, -0.2) is 0 Å². The summed E-state index contributed by atoms with van der Waals surface area (Å²) in [6.45, 7) is 2.98. The fourth-order valence-corrected chi connectivity index (χ4v) is 3.68. The summed E-state index contributed by atoms with van der Waals surface area (Å²) in [4.78, 5) is 28.8. The highest BCUT2D eigenvalue weighted by molar-refractivity contribution is 5.85. The average Bonchev–Trinajstić information content (AvgIpc) is 2.86. The number of carbonyl (C=O) groups is 2. The number of likely N-dealkylation sites (tertiary alicyclic amines) is 1. The summed E-state index contributed by atoms with van der Waals surface area (Å²) >= 11 is 0. The van der Waals surface area contributed by atoms with Crippen LogP contribution in [0.1, 0.15) is 37.3 Å². The lowest BCUT2D eigenvalue weighted by Gasteiger charge is -2.38. The molecule has 0 saturated carbocycles. The second kappa shape index (κ2) is 9.78. The Bertz CT molecular complexity index is 626. The molecule has 0 radical (unpaired) electrons. The normalized spacial score (nSPS) is 21.0. The van der Waals surface area contributed by atoms with Crippen LogP contribution in [-0.4, -0.2) is 61.4 Å². The quantitative estimate of drug-likeness (QED) is 0.866. The first kappa shape index (κ1) is 20.5. The lowest BCUT2D eigenvalue weighted by molar-refractivity contribution is -0.142. The zero-order valence-corrected chi connectivity index (χ0v) is 16.1. The Morgan fingerprint density at radius 1 is 1.23 bits per heavy atom. The smallest absolute Gasteiger partial charge is 0.242 e. The molecule has 3 rings (SSSR count). The number of ether oxygens (including phenoxy) is 1. The molecule has 1 aromatic rings. The van der Waals surface area contributed by atoms with Crippen molar-refractivity contribution in [2.75, 3.05) is 39.8 Å². The van der Waals surface area contributed by atoms with Gasteiger partial charge in [-0.3, -0.25) is 9.59 Å². The maximum Gasteiger partial charge on any atom is 0.242 e. The number of methoxy groups -OCH3 is 1. The molecule has 1 unspecified atom stereocenters. The van der Waals surface area contributed by atoms with Gasteiger partial charge in [-0.05, 0) is 18.9 Å². The van der Waals surface area contributed by atoms with Crippen LogP contribution in [0.5, 0.6) is 5.75 Å². The molecule has 2 heterocycles. The van der Waals surface area contributed by atoms with Gasteiger partial charge in [0.05, 0.1) is 19.7 Å². The molecule has 2 aliphatic heterocycles. The molecule has 2 saturated heterocycles. The van der Waals surface area contributed by atoms with Crippen LogP contribution in [0, 0.1) is 0 Å². The van der Waals surface area contributed by atoms with Gasteiger partial charge in [-0.2, -0.15) is 0 Å². The molecule has 7 heteroatoms. The maximum atomic E-state index is 13.0. The summed E-state index contributed by atoms with van der Waals surface area (Å²) in [7, 11) is 1.65. The molecule has 0 aromatic heterocycles. The summed E-state index contributed by atoms with van der Waals surface area (Å²) in [5, 5.41) is 3.36. The van der Waals surface area contributed by atoms with Crippen molar-refractivity contribution < 1.29 is 14.3 Å². The van der Waals surface area contributed by atoms with E-state index < -0.39 is 0 Å². The number of amides is 2. The highest BCUT2D eigenvalue weighted by atomic mass is 35.5. The van der Waals surface area contributed by atoms with Gasteiger partial charge in [0.2, 0.25) is 11.8 Å². The van der Waals surface area contributed by atoms with E-state index in [0.717, 1.165) is 37.1 Å². The molecular formula is C19H28ClN3O3. The number of nitrogens with zero attached hydrogens (tertiary/aromatic N) is 2. The summed E-state index contributed by atoms with van der Waals surface area (Å²) in [5.74, 6) is 0.919. The summed E-state index contributed by atoms with van der Waals surface area (Å²) < 4.78 is 5.48. The van der Waals surface area contributed by atoms with Crippen molar-refractivity contribution in [3.63, 3.8) is 0 Å². The Morgan fingerprint density at radius 3 is 2.85 bits per heavy atom. The van der Waals surface area contributed by atoms with E-state index in [-0.39, 0.29) is 36.8 Å². The van der Waals surface area contributed by atoms with Gasteiger partial charge in [0.25, 0.3) is 0 Å². The Balaban J connectivity index is 0.00000243. The summed E-state index contributed by atoms with van der Waals surface area (Å²) in [6.07, 6.45) is 3.54. The molecular weight excluding hydrogens is 354 g/mol. The first-order chi connectivity index (χ1) is 12.2. The Hall–Kier alpha value is -1.79. The van der Waals surface area contributed by atoms with Gasteiger partial charge in [0.1, 0.15) is 5.75 Å². The third-order valence-electron chi connectivity index (χ3n) is 5.06. The number of rotatable bonds is 4. The molecule has 2 amide bonds. The number of halogens is 1. The fourth-order valence-electron chi connectivity index (χ4n) is 3.68. The van der Waals surface area contributed by atoms with E-state index in [2.05, 4.69) is 5.32 Å². The largest absolute Gasteiger partial charge is 0.496 e. The number of nitrogens with one attached hydrogen (secondary N) is 1. The number of piperazine rings is 1. The van der Waals surface area contributed by atoms with Crippen molar-refractivity contribution in [3.8, 4) is 5.75 Å². The molecule has 0 aliphatic carbocycles. The number of hydrogen-bond acceptors (Lipinski definition) is 4. The second-order valence-corrected chi connectivity index (χ2v) is 6.67. The number of hydrogen-bond donors (Lipinski definition) is 1. The van der Waals surface area contributed by atoms with Crippen LogP contribution in [0.15, 0.2) is 24.3 Å². The minimum atomic E-state index is -0.0699. The molecule has 2 fully saturated rings. The molecule has 6 nitrogen and oxygen atoms in total. The molecule has 1 aromatic carbocycles. The van der Waals surface area contributed by atoms with Crippen LogP contribution in [0.3, 0.4) is 0 Å². The molecule has 26 heavy (non-hydrogen) atoms.